The van der Waals surface area contributed by atoms with E-state index in [4.69, 9.17) is 10.00 Å². The second-order valence-corrected chi connectivity index (χ2v) is 5.38. The van der Waals surface area contributed by atoms with Gasteiger partial charge in [-0.25, -0.2) is 0 Å². The van der Waals surface area contributed by atoms with Gasteiger partial charge in [0.1, 0.15) is 6.07 Å². The van der Waals surface area contributed by atoms with E-state index >= 15 is 0 Å². The summed E-state index contributed by atoms with van der Waals surface area (Å²) in [6.45, 7) is 9.22. The van der Waals surface area contributed by atoms with Crippen LogP contribution in [-0.2, 0) is 4.79 Å². The molecule has 0 aliphatic heterocycles. The Kier molecular flexibility index (Phi) is 4.02. The van der Waals surface area contributed by atoms with E-state index in [0.29, 0.717) is 17.0 Å². The Balaban J connectivity index is 2.88. The predicted molar refractivity (Wildman–Crippen MR) is 65.9 cm³/mol. The first-order valence-corrected chi connectivity index (χ1v) is 5.69. The van der Waals surface area contributed by atoms with Gasteiger partial charge in [0.25, 0.3) is 0 Å². The topological polar surface area (TPSA) is 75.9 Å². The first-order valence-electron chi connectivity index (χ1n) is 5.69. The Morgan fingerprint density at radius 2 is 1.78 bits per heavy atom. The Morgan fingerprint density at radius 3 is 2.17 bits per heavy atom. The van der Waals surface area contributed by atoms with E-state index in [1.165, 1.54) is 0 Å². The fourth-order valence-corrected chi connectivity index (χ4v) is 1.46. The van der Waals surface area contributed by atoms with Gasteiger partial charge < -0.3 is 4.74 Å². The highest BCUT2D eigenvalue weighted by Gasteiger charge is 2.19. The molecule has 0 aliphatic rings. The molecular formula is C13H17N3O2. The first-order chi connectivity index (χ1) is 8.23. The molecular weight excluding hydrogens is 230 g/mol. The SMILES string of the molecule is Cc1nc(OC(=O)CC(C)(C)C)nc(C)c1C#N. The monoisotopic (exact) mass is 247 g/mol. The third-order valence-corrected chi connectivity index (χ3v) is 2.24. The number of ether oxygens (including phenoxy) is 1. The van der Waals surface area contributed by atoms with Crippen LogP contribution in [0.4, 0.5) is 0 Å². The molecule has 0 saturated heterocycles. The maximum absolute atomic E-state index is 11.6. The van der Waals surface area contributed by atoms with E-state index in [1.54, 1.807) is 13.8 Å². The van der Waals surface area contributed by atoms with Crippen molar-refractivity contribution in [3.05, 3.63) is 17.0 Å². The third kappa shape index (κ3) is 3.81. The van der Waals surface area contributed by atoms with Gasteiger partial charge in [-0.15, -0.1) is 0 Å². The van der Waals surface area contributed by atoms with Crippen molar-refractivity contribution in [2.45, 2.75) is 41.0 Å². The van der Waals surface area contributed by atoms with Crippen molar-refractivity contribution >= 4 is 5.97 Å². The minimum Gasteiger partial charge on any atom is -0.391 e. The molecule has 0 radical (unpaired) electrons. The zero-order valence-corrected chi connectivity index (χ0v) is 11.4. The van der Waals surface area contributed by atoms with Gasteiger partial charge in [0.2, 0.25) is 0 Å². The molecule has 1 aromatic heterocycles. The van der Waals surface area contributed by atoms with E-state index in [-0.39, 0.29) is 23.8 Å². The fraction of sp³-hybridized carbons (Fsp3) is 0.538. The number of hydrogen-bond donors (Lipinski definition) is 0. The van der Waals surface area contributed by atoms with Crippen molar-refractivity contribution in [3.8, 4) is 12.1 Å². The van der Waals surface area contributed by atoms with Gasteiger partial charge in [0.15, 0.2) is 0 Å². The molecule has 0 fully saturated rings. The van der Waals surface area contributed by atoms with Crippen molar-refractivity contribution in [1.29, 1.82) is 5.26 Å². The highest BCUT2D eigenvalue weighted by molar-refractivity contribution is 5.72. The summed E-state index contributed by atoms with van der Waals surface area (Å²) < 4.78 is 5.08. The van der Waals surface area contributed by atoms with Crippen molar-refractivity contribution in [3.63, 3.8) is 0 Å². The molecule has 0 unspecified atom stereocenters. The molecule has 0 spiro atoms. The lowest BCUT2D eigenvalue weighted by Gasteiger charge is -2.16. The van der Waals surface area contributed by atoms with E-state index in [0.717, 1.165) is 0 Å². The Hall–Kier alpha value is -1.96. The van der Waals surface area contributed by atoms with Crippen LogP contribution in [-0.4, -0.2) is 15.9 Å². The highest BCUT2D eigenvalue weighted by atomic mass is 16.5. The minimum absolute atomic E-state index is 0.0123. The second kappa shape index (κ2) is 5.13. The fourth-order valence-electron chi connectivity index (χ4n) is 1.46. The van der Waals surface area contributed by atoms with Gasteiger partial charge in [0, 0.05) is 0 Å². The number of hydrogen-bond acceptors (Lipinski definition) is 5. The lowest BCUT2D eigenvalue weighted by molar-refractivity contribution is -0.136. The Bertz CT molecular complexity index is 487. The molecule has 5 nitrogen and oxygen atoms in total. The van der Waals surface area contributed by atoms with Crippen molar-refractivity contribution in [1.82, 2.24) is 9.97 Å². The average Bonchev–Trinajstić information content (AvgIpc) is 2.13. The smallest absolute Gasteiger partial charge is 0.324 e. The third-order valence-electron chi connectivity index (χ3n) is 2.24. The summed E-state index contributed by atoms with van der Waals surface area (Å²) in [5.41, 5.74) is 1.31. The van der Waals surface area contributed by atoms with Gasteiger partial charge in [-0.2, -0.15) is 15.2 Å². The molecule has 0 N–H and O–H groups in total. The molecule has 0 saturated carbocycles. The summed E-state index contributed by atoms with van der Waals surface area (Å²) in [4.78, 5) is 19.6. The number of esters is 1. The molecule has 18 heavy (non-hydrogen) atoms. The van der Waals surface area contributed by atoms with Gasteiger partial charge in [-0.05, 0) is 19.3 Å². The molecule has 0 atom stereocenters. The Morgan fingerprint density at radius 1 is 1.28 bits per heavy atom. The summed E-state index contributed by atoms with van der Waals surface area (Å²) in [5, 5.41) is 8.89. The number of carbonyl (C=O) groups excluding carboxylic acids is 1. The van der Waals surface area contributed by atoms with Crippen LogP contribution >= 0.6 is 0 Å². The van der Waals surface area contributed by atoms with E-state index < -0.39 is 0 Å². The standard InChI is InChI=1S/C13H17N3O2/c1-8-10(7-14)9(2)16-12(15-8)18-11(17)6-13(3,4)5/h6H2,1-5H3. The summed E-state index contributed by atoms with van der Waals surface area (Å²) in [5.74, 6) is -0.369. The largest absolute Gasteiger partial charge is 0.391 e. The summed E-state index contributed by atoms with van der Waals surface area (Å²) in [6.07, 6.45) is 0.286. The van der Waals surface area contributed by atoms with Crippen LogP contribution in [0.3, 0.4) is 0 Å². The van der Waals surface area contributed by atoms with Crippen molar-refractivity contribution < 1.29 is 9.53 Å². The zero-order chi connectivity index (χ0) is 13.9. The molecule has 1 rings (SSSR count). The molecule has 0 aromatic carbocycles. The lowest BCUT2D eigenvalue weighted by Crippen LogP contribution is -2.19. The molecule has 96 valence electrons. The molecule has 1 heterocycles. The summed E-state index contributed by atoms with van der Waals surface area (Å²) in [6, 6.07) is 2.03. The van der Waals surface area contributed by atoms with E-state index in [9.17, 15) is 4.79 Å². The highest BCUT2D eigenvalue weighted by Crippen LogP contribution is 2.20. The Labute approximate surface area is 107 Å². The number of aryl methyl sites for hydroxylation is 2. The van der Waals surface area contributed by atoms with Gasteiger partial charge in [-0.3, -0.25) is 4.79 Å². The molecule has 0 aliphatic carbocycles. The predicted octanol–water partition coefficient (Wildman–Crippen LogP) is 2.31. The van der Waals surface area contributed by atoms with E-state index in [1.807, 2.05) is 26.8 Å². The normalized spacial score (nSPS) is 10.9. The zero-order valence-electron chi connectivity index (χ0n) is 11.4. The minimum atomic E-state index is -0.369. The van der Waals surface area contributed by atoms with Crippen LogP contribution in [0.1, 0.15) is 44.1 Å². The van der Waals surface area contributed by atoms with Gasteiger partial charge >= 0.3 is 12.0 Å². The van der Waals surface area contributed by atoms with Crippen LogP contribution in [0.15, 0.2) is 0 Å². The van der Waals surface area contributed by atoms with E-state index in [2.05, 4.69) is 9.97 Å². The summed E-state index contributed by atoms with van der Waals surface area (Å²) in [7, 11) is 0. The van der Waals surface area contributed by atoms with Gasteiger partial charge in [0.05, 0.1) is 23.4 Å². The number of rotatable bonds is 2. The summed E-state index contributed by atoms with van der Waals surface area (Å²) >= 11 is 0. The maximum atomic E-state index is 11.6. The van der Waals surface area contributed by atoms with Crippen LogP contribution in [0.5, 0.6) is 6.01 Å². The quantitative estimate of drug-likeness (QED) is 0.749. The van der Waals surface area contributed by atoms with Crippen molar-refractivity contribution in [2.24, 2.45) is 5.41 Å². The molecule has 0 amide bonds. The molecule has 1 aromatic rings. The lowest BCUT2D eigenvalue weighted by atomic mass is 9.93. The second-order valence-electron chi connectivity index (χ2n) is 5.38. The number of nitrogens with zero attached hydrogens (tertiary/aromatic N) is 3. The molecule has 5 heteroatoms. The number of nitriles is 1. The first kappa shape index (κ1) is 14.1. The van der Waals surface area contributed by atoms with Crippen LogP contribution in [0.25, 0.3) is 0 Å². The average molecular weight is 247 g/mol. The maximum Gasteiger partial charge on any atom is 0.324 e. The number of aromatic nitrogens is 2. The van der Waals surface area contributed by atoms with Crippen LogP contribution < -0.4 is 4.74 Å². The van der Waals surface area contributed by atoms with Crippen LogP contribution in [0.2, 0.25) is 0 Å². The van der Waals surface area contributed by atoms with Crippen molar-refractivity contribution in [2.75, 3.05) is 0 Å². The van der Waals surface area contributed by atoms with Gasteiger partial charge in [-0.1, -0.05) is 20.8 Å². The molecule has 0 bridgehead atoms. The number of carbonyl (C=O) groups is 1. The van der Waals surface area contributed by atoms with Crippen LogP contribution in [0, 0.1) is 30.6 Å².